The van der Waals surface area contributed by atoms with Crippen molar-refractivity contribution >= 4 is 17.6 Å². The minimum absolute atomic E-state index is 0.0215. The number of hydrogen-bond acceptors (Lipinski definition) is 9. The summed E-state index contributed by atoms with van der Waals surface area (Å²) in [5.74, 6) is 0.970. The number of carbonyl (C=O) groups is 2. The lowest BCUT2D eigenvalue weighted by Gasteiger charge is -2.43. The predicted molar refractivity (Wildman–Crippen MR) is 153 cm³/mol. The second-order valence-electron chi connectivity index (χ2n) is 11.6. The Kier molecular flexibility index (Phi) is 8.47. The van der Waals surface area contributed by atoms with Gasteiger partial charge < -0.3 is 30.3 Å². The third-order valence-electron chi connectivity index (χ3n) is 8.93. The summed E-state index contributed by atoms with van der Waals surface area (Å²) in [6, 6.07) is 10.4. The van der Waals surface area contributed by atoms with Gasteiger partial charge in [-0.05, 0) is 36.8 Å². The Balaban J connectivity index is 1.15. The Hall–Kier alpha value is -3.12. The second-order valence-corrected chi connectivity index (χ2v) is 11.6. The molecule has 6 rings (SSSR count). The van der Waals surface area contributed by atoms with Gasteiger partial charge >= 0.3 is 0 Å². The van der Waals surface area contributed by atoms with Crippen molar-refractivity contribution in [1.29, 1.82) is 0 Å². The fourth-order valence-electron chi connectivity index (χ4n) is 6.56. The number of amides is 2. The second kappa shape index (κ2) is 12.4. The number of morpholine rings is 1. The number of β-amino-alcohol motifs (C(OH)–C–C–N with tert-alkyl or cyclic N) is 1. The molecule has 2 amide bonds. The standard InChI is InChI=1S/C30H41N7O4/c1-20(38)35-12-7-23(8-13-35)32-28-16-24(33-29(34-28)27-17-31-10-15-41-27)30(40)37-14-9-25(26(39)19-37)36-11-6-21-4-2-3-5-22(21)18-36/h2-5,16,23,25-27,31,39H,6-15,17-19H2,1H3,(H,32,33,34)/t25-,26-,27?/m1/s1. The van der Waals surface area contributed by atoms with Crippen molar-refractivity contribution in [3.63, 3.8) is 0 Å². The normalized spacial score (nSPS) is 26.0. The highest BCUT2D eigenvalue weighted by Gasteiger charge is 2.36. The van der Waals surface area contributed by atoms with Gasteiger partial charge in [0.2, 0.25) is 5.91 Å². The molecule has 3 saturated heterocycles. The van der Waals surface area contributed by atoms with E-state index < -0.39 is 6.10 Å². The van der Waals surface area contributed by atoms with Crippen LogP contribution in [0.5, 0.6) is 0 Å². The van der Waals surface area contributed by atoms with Crippen LogP contribution < -0.4 is 10.6 Å². The van der Waals surface area contributed by atoms with Gasteiger partial charge in [-0.3, -0.25) is 14.5 Å². The van der Waals surface area contributed by atoms with Crippen LogP contribution in [0.15, 0.2) is 30.3 Å². The van der Waals surface area contributed by atoms with E-state index in [4.69, 9.17) is 9.72 Å². The van der Waals surface area contributed by atoms with Crippen LogP contribution >= 0.6 is 0 Å². The first-order valence-electron chi connectivity index (χ1n) is 15.0. The van der Waals surface area contributed by atoms with E-state index in [0.717, 1.165) is 38.9 Å². The first-order chi connectivity index (χ1) is 19.9. The van der Waals surface area contributed by atoms with Crippen molar-refractivity contribution < 1.29 is 19.4 Å². The molecule has 3 fully saturated rings. The van der Waals surface area contributed by atoms with Gasteiger partial charge in [-0.1, -0.05) is 24.3 Å². The molecule has 0 radical (unpaired) electrons. The highest BCUT2D eigenvalue weighted by molar-refractivity contribution is 5.93. The van der Waals surface area contributed by atoms with E-state index in [0.29, 0.717) is 56.5 Å². The zero-order valence-corrected chi connectivity index (χ0v) is 23.8. The average Bonchev–Trinajstić information content (AvgIpc) is 3.01. The molecule has 11 nitrogen and oxygen atoms in total. The van der Waals surface area contributed by atoms with Gasteiger partial charge in [-0.15, -0.1) is 0 Å². The number of benzene rings is 1. The Morgan fingerprint density at radius 1 is 1.05 bits per heavy atom. The number of aliphatic hydroxyl groups excluding tert-OH is 1. The number of aliphatic hydroxyl groups is 1. The minimum Gasteiger partial charge on any atom is -0.390 e. The molecular formula is C30H41N7O4. The first kappa shape index (κ1) is 28.0. The lowest BCUT2D eigenvalue weighted by molar-refractivity contribution is -0.129. The number of nitrogens with zero attached hydrogens (tertiary/aromatic N) is 5. The zero-order valence-electron chi connectivity index (χ0n) is 23.8. The molecule has 3 N–H and O–H groups in total. The smallest absolute Gasteiger partial charge is 0.272 e. The lowest BCUT2D eigenvalue weighted by atomic mass is 9.94. The van der Waals surface area contributed by atoms with Crippen molar-refractivity contribution in [2.75, 3.05) is 57.7 Å². The average molecular weight is 564 g/mol. The fraction of sp³-hybridized carbons (Fsp3) is 0.600. The number of nitrogens with one attached hydrogen (secondary N) is 2. The molecular weight excluding hydrogens is 522 g/mol. The molecule has 4 aliphatic rings. The highest BCUT2D eigenvalue weighted by Crippen LogP contribution is 2.27. The molecule has 0 spiro atoms. The van der Waals surface area contributed by atoms with Gasteiger partial charge in [0.1, 0.15) is 17.6 Å². The van der Waals surface area contributed by atoms with Crippen LogP contribution in [0.25, 0.3) is 0 Å². The maximum atomic E-state index is 13.8. The summed E-state index contributed by atoms with van der Waals surface area (Å²) in [6.45, 7) is 7.48. The Bertz CT molecular complexity index is 1250. The number of ether oxygens (including phenoxy) is 1. The number of fused-ring (bicyclic) bond motifs is 1. The van der Waals surface area contributed by atoms with Crippen LogP contribution in [0, 0.1) is 0 Å². The van der Waals surface area contributed by atoms with Crippen LogP contribution in [-0.4, -0.2) is 112 Å². The summed E-state index contributed by atoms with van der Waals surface area (Å²) in [6.07, 6.45) is 2.34. The van der Waals surface area contributed by atoms with E-state index in [1.165, 1.54) is 11.1 Å². The van der Waals surface area contributed by atoms with Gasteiger partial charge in [0.05, 0.1) is 12.7 Å². The summed E-state index contributed by atoms with van der Waals surface area (Å²) >= 11 is 0. The maximum absolute atomic E-state index is 13.8. The number of carbonyl (C=O) groups excluding carboxylic acids is 2. The number of aromatic nitrogens is 2. The molecule has 11 heteroatoms. The largest absolute Gasteiger partial charge is 0.390 e. The van der Waals surface area contributed by atoms with Crippen LogP contribution in [0.2, 0.25) is 0 Å². The third kappa shape index (κ3) is 6.38. The molecule has 1 unspecified atom stereocenters. The first-order valence-corrected chi connectivity index (χ1v) is 15.0. The third-order valence-corrected chi connectivity index (χ3v) is 8.93. The summed E-state index contributed by atoms with van der Waals surface area (Å²) in [5, 5.41) is 18.0. The van der Waals surface area contributed by atoms with E-state index in [1.54, 1.807) is 17.9 Å². The summed E-state index contributed by atoms with van der Waals surface area (Å²) < 4.78 is 5.92. The predicted octanol–water partition coefficient (Wildman–Crippen LogP) is 1.19. The molecule has 4 aliphatic heterocycles. The number of likely N-dealkylation sites (tertiary alicyclic amines) is 2. The Labute approximate surface area is 241 Å². The van der Waals surface area contributed by atoms with Crippen molar-refractivity contribution in [2.24, 2.45) is 0 Å². The van der Waals surface area contributed by atoms with Crippen molar-refractivity contribution in [1.82, 2.24) is 30.0 Å². The zero-order chi connectivity index (χ0) is 28.3. The number of piperidine rings is 2. The van der Waals surface area contributed by atoms with E-state index in [1.807, 2.05) is 4.90 Å². The molecule has 3 atom stereocenters. The van der Waals surface area contributed by atoms with Gasteiger partial charge in [-0.2, -0.15) is 0 Å². The van der Waals surface area contributed by atoms with E-state index >= 15 is 0 Å². The van der Waals surface area contributed by atoms with E-state index in [9.17, 15) is 14.7 Å². The molecule has 0 saturated carbocycles. The Morgan fingerprint density at radius 3 is 2.56 bits per heavy atom. The SMILES string of the molecule is CC(=O)N1CCC(Nc2cc(C(=O)N3CC[C@@H](N4CCc5ccccc5C4)[C@H](O)C3)nc(C3CNCCO3)n2)CC1. The van der Waals surface area contributed by atoms with Crippen molar-refractivity contribution in [3.05, 3.63) is 53.0 Å². The molecule has 220 valence electrons. The summed E-state index contributed by atoms with van der Waals surface area (Å²) in [5.41, 5.74) is 3.02. The van der Waals surface area contributed by atoms with E-state index in [-0.39, 0.29) is 36.5 Å². The molecule has 1 aromatic carbocycles. The summed E-state index contributed by atoms with van der Waals surface area (Å²) in [4.78, 5) is 40.9. The van der Waals surface area contributed by atoms with Gasteiger partial charge in [0.25, 0.3) is 5.91 Å². The Morgan fingerprint density at radius 2 is 1.83 bits per heavy atom. The molecule has 0 bridgehead atoms. The van der Waals surface area contributed by atoms with Gasteiger partial charge in [0.15, 0.2) is 5.82 Å². The monoisotopic (exact) mass is 563 g/mol. The quantitative estimate of drug-likeness (QED) is 0.492. The van der Waals surface area contributed by atoms with Crippen LogP contribution in [0.4, 0.5) is 5.82 Å². The molecule has 5 heterocycles. The minimum atomic E-state index is -0.630. The molecule has 2 aromatic rings. The van der Waals surface area contributed by atoms with Crippen LogP contribution in [0.1, 0.15) is 59.7 Å². The van der Waals surface area contributed by atoms with Crippen molar-refractivity contribution in [2.45, 2.75) is 63.4 Å². The van der Waals surface area contributed by atoms with Crippen LogP contribution in [0.3, 0.4) is 0 Å². The fourth-order valence-corrected chi connectivity index (χ4v) is 6.56. The summed E-state index contributed by atoms with van der Waals surface area (Å²) in [7, 11) is 0. The molecule has 0 aliphatic carbocycles. The molecule has 1 aromatic heterocycles. The number of rotatable bonds is 5. The number of hydrogen-bond donors (Lipinski definition) is 3. The number of anilines is 1. The highest BCUT2D eigenvalue weighted by atomic mass is 16.5. The van der Waals surface area contributed by atoms with E-state index in [2.05, 4.69) is 44.8 Å². The van der Waals surface area contributed by atoms with Crippen molar-refractivity contribution in [3.8, 4) is 0 Å². The van der Waals surface area contributed by atoms with Gasteiger partial charge in [-0.25, -0.2) is 9.97 Å². The van der Waals surface area contributed by atoms with Gasteiger partial charge in [0, 0.05) is 77.4 Å². The van der Waals surface area contributed by atoms with Crippen LogP contribution in [-0.2, 0) is 22.5 Å². The molecule has 41 heavy (non-hydrogen) atoms. The maximum Gasteiger partial charge on any atom is 0.272 e. The topological polar surface area (TPSA) is 123 Å². The lowest BCUT2D eigenvalue weighted by Crippen LogP contribution is -2.56.